The normalized spacial score (nSPS) is 10.2. The number of anilines is 1. The minimum absolute atomic E-state index is 0.678. The molecule has 2 aromatic rings. The smallest absolute Gasteiger partial charge is 0.170 e. The summed E-state index contributed by atoms with van der Waals surface area (Å²) in [7, 11) is 0. The van der Waals surface area contributed by atoms with Crippen LogP contribution < -0.4 is 10.6 Å². The van der Waals surface area contributed by atoms with E-state index in [2.05, 4.69) is 67.8 Å². The lowest BCUT2D eigenvalue weighted by Crippen LogP contribution is -2.30. The number of hydrogen-bond acceptors (Lipinski definition) is 1. The first-order chi connectivity index (χ1) is 10.1. The van der Waals surface area contributed by atoms with E-state index in [1.54, 1.807) is 0 Å². The van der Waals surface area contributed by atoms with Crippen molar-refractivity contribution in [3.63, 3.8) is 0 Å². The molecule has 0 bridgehead atoms. The van der Waals surface area contributed by atoms with Crippen LogP contribution in [-0.4, -0.2) is 11.7 Å². The van der Waals surface area contributed by atoms with E-state index in [1.165, 1.54) is 22.3 Å². The first-order valence-corrected chi connectivity index (χ1v) is 7.64. The molecule has 0 aliphatic rings. The molecule has 0 aliphatic carbocycles. The maximum atomic E-state index is 5.36. The van der Waals surface area contributed by atoms with E-state index >= 15 is 0 Å². The second-order valence-electron chi connectivity index (χ2n) is 5.30. The van der Waals surface area contributed by atoms with E-state index in [0.29, 0.717) is 5.11 Å². The summed E-state index contributed by atoms with van der Waals surface area (Å²) in [5, 5.41) is 7.22. The van der Waals surface area contributed by atoms with Crippen molar-refractivity contribution in [3.8, 4) is 0 Å². The van der Waals surface area contributed by atoms with Gasteiger partial charge in [-0.15, -0.1) is 0 Å². The lowest BCUT2D eigenvalue weighted by Gasteiger charge is -2.14. The van der Waals surface area contributed by atoms with Crippen LogP contribution >= 0.6 is 12.2 Å². The van der Waals surface area contributed by atoms with Crippen LogP contribution in [0, 0.1) is 20.8 Å². The van der Waals surface area contributed by atoms with E-state index in [0.717, 1.165) is 18.7 Å². The van der Waals surface area contributed by atoms with Crippen molar-refractivity contribution in [1.82, 2.24) is 5.32 Å². The number of benzene rings is 2. The fourth-order valence-electron chi connectivity index (χ4n) is 2.25. The molecular formula is C18H22N2S. The van der Waals surface area contributed by atoms with Gasteiger partial charge in [0.1, 0.15) is 0 Å². The van der Waals surface area contributed by atoms with E-state index < -0.39 is 0 Å². The topological polar surface area (TPSA) is 24.1 Å². The van der Waals surface area contributed by atoms with Gasteiger partial charge in [0.2, 0.25) is 0 Å². The third-order valence-electron chi connectivity index (χ3n) is 3.79. The summed E-state index contributed by atoms with van der Waals surface area (Å²) in [5.41, 5.74) is 6.26. The monoisotopic (exact) mass is 298 g/mol. The number of thiocarbonyl (C=S) groups is 1. The molecule has 0 saturated heterocycles. The molecule has 2 aromatic carbocycles. The summed E-state index contributed by atoms with van der Waals surface area (Å²) in [4.78, 5) is 0. The van der Waals surface area contributed by atoms with E-state index in [1.807, 2.05) is 6.07 Å². The highest BCUT2D eigenvalue weighted by atomic mass is 32.1. The average molecular weight is 298 g/mol. The lowest BCUT2D eigenvalue weighted by atomic mass is 10.1. The Morgan fingerprint density at radius 2 is 1.67 bits per heavy atom. The second kappa shape index (κ2) is 7.23. The first kappa shape index (κ1) is 15.5. The zero-order chi connectivity index (χ0) is 15.2. The van der Waals surface area contributed by atoms with Gasteiger partial charge in [0.15, 0.2) is 5.11 Å². The number of aryl methyl sites for hydroxylation is 2. The molecular weight excluding hydrogens is 276 g/mol. The summed E-state index contributed by atoms with van der Waals surface area (Å²) < 4.78 is 0. The molecule has 0 saturated carbocycles. The molecule has 2 rings (SSSR count). The highest BCUT2D eigenvalue weighted by Gasteiger charge is 2.03. The molecule has 0 amide bonds. The van der Waals surface area contributed by atoms with Gasteiger partial charge in [-0.25, -0.2) is 0 Å². The molecule has 21 heavy (non-hydrogen) atoms. The fraction of sp³-hybridized carbons (Fsp3) is 0.278. The Labute approximate surface area is 132 Å². The predicted octanol–water partition coefficient (Wildman–Crippen LogP) is 4.14. The Morgan fingerprint density at radius 1 is 0.952 bits per heavy atom. The second-order valence-corrected chi connectivity index (χ2v) is 5.71. The summed E-state index contributed by atoms with van der Waals surface area (Å²) in [6, 6.07) is 14.7. The Hall–Kier alpha value is -1.87. The maximum absolute atomic E-state index is 5.36. The highest BCUT2D eigenvalue weighted by Crippen LogP contribution is 2.17. The first-order valence-electron chi connectivity index (χ1n) is 7.23. The fourth-order valence-corrected chi connectivity index (χ4v) is 2.47. The van der Waals surface area contributed by atoms with Gasteiger partial charge in [-0.05, 0) is 67.7 Å². The van der Waals surface area contributed by atoms with Gasteiger partial charge in [-0.2, -0.15) is 0 Å². The van der Waals surface area contributed by atoms with Gasteiger partial charge in [0.05, 0.1) is 0 Å². The van der Waals surface area contributed by atoms with Gasteiger partial charge in [-0.1, -0.05) is 36.4 Å². The van der Waals surface area contributed by atoms with Gasteiger partial charge in [0.25, 0.3) is 0 Å². The molecule has 0 aromatic heterocycles. The van der Waals surface area contributed by atoms with Crippen LogP contribution in [0.15, 0.2) is 42.5 Å². The Kier molecular flexibility index (Phi) is 5.34. The van der Waals surface area contributed by atoms with Crippen molar-refractivity contribution < 1.29 is 0 Å². The molecule has 0 spiro atoms. The molecule has 110 valence electrons. The molecule has 0 fully saturated rings. The van der Waals surface area contributed by atoms with Gasteiger partial charge in [0, 0.05) is 12.2 Å². The minimum atomic E-state index is 0.678. The predicted molar refractivity (Wildman–Crippen MR) is 95.0 cm³/mol. The van der Waals surface area contributed by atoms with E-state index in [-0.39, 0.29) is 0 Å². The summed E-state index contributed by atoms with van der Waals surface area (Å²) >= 11 is 5.36. The van der Waals surface area contributed by atoms with Gasteiger partial charge >= 0.3 is 0 Å². The van der Waals surface area contributed by atoms with Crippen LogP contribution in [0.2, 0.25) is 0 Å². The van der Waals surface area contributed by atoms with Crippen LogP contribution in [-0.2, 0) is 6.42 Å². The van der Waals surface area contributed by atoms with Crippen LogP contribution in [0.25, 0.3) is 0 Å². The number of rotatable bonds is 4. The van der Waals surface area contributed by atoms with Crippen molar-refractivity contribution in [2.24, 2.45) is 0 Å². The minimum Gasteiger partial charge on any atom is -0.362 e. The van der Waals surface area contributed by atoms with Crippen molar-refractivity contribution in [1.29, 1.82) is 0 Å². The third-order valence-corrected chi connectivity index (χ3v) is 4.04. The van der Waals surface area contributed by atoms with Crippen molar-refractivity contribution in [2.75, 3.05) is 11.9 Å². The van der Waals surface area contributed by atoms with Crippen LogP contribution in [0.3, 0.4) is 0 Å². The molecule has 2 N–H and O–H groups in total. The van der Waals surface area contributed by atoms with Crippen LogP contribution in [0.5, 0.6) is 0 Å². The summed E-state index contributed by atoms with van der Waals surface area (Å²) in [6.07, 6.45) is 0.974. The molecule has 0 aliphatic heterocycles. The summed E-state index contributed by atoms with van der Waals surface area (Å²) in [6.45, 7) is 7.19. The Morgan fingerprint density at radius 3 is 2.43 bits per heavy atom. The SMILES string of the molecule is Cc1ccccc1CCNC(=S)Nc1cccc(C)c1C. The Balaban J connectivity index is 1.85. The van der Waals surface area contributed by atoms with Crippen LogP contribution in [0.1, 0.15) is 22.3 Å². The van der Waals surface area contributed by atoms with E-state index in [9.17, 15) is 0 Å². The molecule has 2 nitrogen and oxygen atoms in total. The number of hydrogen-bond donors (Lipinski definition) is 2. The Bertz CT molecular complexity index is 635. The molecule has 0 atom stereocenters. The quantitative estimate of drug-likeness (QED) is 0.830. The molecule has 0 unspecified atom stereocenters. The van der Waals surface area contributed by atoms with Crippen molar-refractivity contribution in [2.45, 2.75) is 27.2 Å². The van der Waals surface area contributed by atoms with Crippen LogP contribution in [0.4, 0.5) is 5.69 Å². The average Bonchev–Trinajstić information content (AvgIpc) is 2.46. The zero-order valence-corrected chi connectivity index (χ0v) is 13.7. The zero-order valence-electron chi connectivity index (χ0n) is 12.9. The van der Waals surface area contributed by atoms with Crippen molar-refractivity contribution >= 4 is 23.0 Å². The highest BCUT2D eigenvalue weighted by molar-refractivity contribution is 7.80. The summed E-state index contributed by atoms with van der Waals surface area (Å²) in [5.74, 6) is 0. The maximum Gasteiger partial charge on any atom is 0.170 e. The molecule has 3 heteroatoms. The largest absolute Gasteiger partial charge is 0.362 e. The van der Waals surface area contributed by atoms with Crippen molar-refractivity contribution in [3.05, 3.63) is 64.7 Å². The lowest BCUT2D eigenvalue weighted by molar-refractivity contribution is 0.867. The van der Waals surface area contributed by atoms with Gasteiger partial charge in [-0.3, -0.25) is 0 Å². The standard InChI is InChI=1S/C18H22N2S/c1-13-8-6-10-17(15(13)3)20-18(21)19-12-11-16-9-5-4-7-14(16)2/h4-10H,11-12H2,1-3H3,(H2,19,20,21). The third kappa shape index (κ3) is 4.30. The van der Waals surface area contributed by atoms with Gasteiger partial charge < -0.3 is 10.6 Å². The molecule has 0 radical (unpaired) electrons. The number of nitrogens with one attached hydrogen (secondary N) is 2. The molecule has 0 heterocycles. The van der Waals surface area contributed by atoms with E-state index in [4.69, 9.17) is 12.2 Å².